The molecule has 1 aliphatic rings. The van der Waals surface area contributed by atoms with Crippen LogP contribution in [0.3, 0.4) is 0 Å². The number of pyridine rings is 1. The van der Waals surface area contributed by atoms with Crippen LogP contribution in [0.5, 0.6) is 0 Å². The number of aryl methyl sites for hydroxylation is 2. The molecule has 1 fully saturated rings. The first-order valence-electron chi connectivity index (χ1n) is 8.43. The second-order valence-electron chi connectivity index (χ2n) is 6.40. The number of carbonyl (C=O) groups is 1. The van der Waals surface area contributed by atoms with Gasteiger partial charge in [-0.1, -0.05) is 42.1 Å². The Bertz CT molecular complexity index is 810. The lowest BCUT2D eigenvalue weighted by Crippen LogP contribution is -2.34. The molecule has 0 N–H and O–H groups in total. The fraction of sp³-hybridized carbons (Fsp3) is 0.350. The molecule has 0 bridgehead atoms. The molecule has 0 aliphatic heterocycles. The molecule has 2 aromatic rings. The fourth-order valence-electron chi connectivity index (χ4n) is 2.84. The van der Waals surface area contributed by atoms with E-state index in [1.165, 1.54) is 11.8 Å². The molecule has 1 amide bonds. The van der Waals surface area contributed by atoms with Crippen molar-refractivity contribution in [1.29, 1.82) is 5.26 Å². The van der Waals surface area contributed by atoms with Gasteiger partial charge < -0.3 is 4.90 Å². The number of benzene rings is 1. The van der Waals surface area contributed by atoms with E-state index in [1.807, 2.05) is 43.0 Å². The third kappa shape index (κ3) is 4.40. The van der Waals surface area contributed by atoms with Crippen LogP contribution >= 0.6 is 11.8 Å². The third-order valence-corrected chi connectivity index (χ3v) is 5.22. The SMILES string of the molecule is Cc1cc(C)c(C#N)c(SCC(=O)N(Cc2ccccc2)C2CC2)n1. The van der Waals surface area contributed by atoms with Gasteiger partial charge in [-0.25, -0.2) is 4.98 Å². The van der Waals surface area contributed by atoms with Crippen molar-refractivity contribution in [2.24, 2.45) is 0 Å². The standard InChI is InChI=1S/C20H21N3OS/c1-14-10-15(2)22-20(18(14)11-21)25-13-19(24)23(17-8-9-17)12-16-6-4-3-5-7-16/h3-7,10,17H,8-9,12-13H2,1-2H3. The van der Waals surface area contributed by atoms with Crippen molar-refractivity contribution >= 4 is 17.7 Å². The van der Waals surface area contributed by atoms with Crippen LogP contribution in [0.2, 0.25) is 0 Å². The summed E-state index contributed by atoms with van der Waals surface area (Å²) in [6, 6.07) is 14.5. The summed E-state index contributed by atoms with van der Waals surface area (Å²) < 4.78 is 0. The van der Waals surface area contributed by atoms with Crippen molar-refractivity contribution in [3.63, 3.8) is 0 Å². The molecule has 1 aliphatic carbocycles. The van der Waals surface area contributed by atoms with Gasteiger partial charge in [0, 0.05) is 18.3 Å². The lowest BCUT2D eigenvalue weighted by Gasteiger charge is -2.22. The van der Waals surface area contributed by atoms with E-state index in [1.54, 1.807) is 0 Å². The Morgan fingerprint density at radius 1 is 1.32 bits per heavy atom. The molecule has 0 saturated heterocycles. The van der Waals surface area contributed by atoms with Crippen molar-refractivity contribution in [2.45, 2.75) is 44.3 Å². The maximum absolute atomic E-state index is 12.8. The Hall–Kier alpha value is -2.32. The Labute approximate surface area is 152 Å². The number of rotatable bonds is 6. The molecule has 4 nitrogen and oxygen atoms in total. The molecule has 0 atom stereocenters. The second kappa shape index (κ2) is 7.71. The van der Waals surface area contributed by atoms with E-state index in [0.29, 0.717) is 28.9 Å². The first kappa shape index (κ1) is 17.5. The lowest BCUT2D eigenvalue weighted by molar-refractivity contribution is -0.129. The van der Waals surface area contributed by atoms with Crippen LogP contribution < -0.4 is 0 Å². The molecular formula is C20H21N3OS. The zero-order valence-corrected chi connectivity index (χ0v) is 15.3. The highest BCUT2D eigenvalue weighted by Gasteiger charge is 2.32. The molecule has 5 heteroatoms. The summed E-state index contributed by atoms with van der Waals surface area (Å²) in [5.41, 5.74) is 3.50. The van der Waals surface area contributed by atoms with Crippen LogP contribution in [0.25, 0.3) is 0 Å². The molecule has 1 heterocycles. The second-order valence-corrected chi connectivity index (χ2v) is 7.36. The van der Waals surface area contributed by atoms with E-state index >= 15 is 0 Å². The van der Waals surface area contributed by atoms with Crippen LogP contribution in [0.15, 0.2) is 41.4 Å². The van der Waals surface area contributed by atoms with Crippen LogP contribution in [0.1, 0.15) is 35.2 Å². The van der Waals surface area contributed by atoms with Crippen LogP contribution in [0, 0.1) is 25.2 Å². The minimum Gasteiger partial charge on any atom is -0.335 e. The normalized spacial score (nSPS) is 13.3. The minimum atomic E-state index is 0.112. The molecule has 1 aromatic carbocycles. The van der Waals surface area contributed by atoms with E-state index < -0.39 is 0 Å². The van der Waals surface area contributed by atoms with Gasteiger partial charge in [-0.15, -0.1) is 0 Å². The van der Waals surface area contributed by atoms with Gasteiger partial charge in [0.2, 0.25) is 5.91 Å². The molecule has 0 unspecified atom stereocenters. The highest BCUT2D eigenvalue weighted by atomic mass is 32.2. The maximum atomic E-state index is 12.8. The smallest absolute Gasteiger partial charge is 0.233 e. The van der Waals surface area contributed by atoms with Gasteiger partial charge in [0.1, 0.15) is 11.1 Å². The summed E-state index contributed by atoms with van der Waals surface area (Å²) >= 11 is 1.37. The monoisotopic (exact) mass is 351 g/mol. The molecule has 1 saturated carbocycles. The number of nitrogens with zero attached hydrogens (tertiary/aromatic N) is 3. The van der Waals surface area contributed by atoms with Crippen LogP contribution in [-0.2, 0) is 11.3 Å². The minimum absolute atomic E-state index is 0.112. The number of amides is 1. The van der Waals surface area contributed by atoms with E-state index in [4.69, 9.17) is 0 Å². The van der Waals surface area contributed by atoms with Gasteiger partial charge in [0.05, 0.1) is 11.3 Å². The van der Waals surface area contributed by atoms with Gasteiger partial charge in [0.15, 0.2) is 0 Å². The summed E-state index contributed by atoms with van der Waals surface area (Å²) in [7, 11) is 0. The third-order valence-electron chi connectivity index (χ3n) is 4.26. The summed E-state index contributed by atoms with van der Waals surface area (Å²) in [5.74, 6) is 0.426. The first-order valence-corrected chi connectivity index (χ1v) is 9.41. The summed E-state index contributed by atoms with van der Waals surface area (Å²) in [6.45, 7) is 4.47. The molecule has 25 heavy (non-hydrogen) atoms. The molecule has 0 spiro atoms. The van der Waals surface area contributed by atoms with E-state index in [0.717, 1.165) is 29.7 Å². The van der Waals surface area contributed by atoms with Crippen molar-refractivity contribution in [2.75, 3.05) is 5.75 Å². The number of carbonyl (C=O) groups excluding carboxylic acids is 1. The van der Waals surface area contributed by atoms with Gasteiger partial charge in [-0.3, -0.25) is 4.79 Å². The number of thioether (sulfide) groups is 1. The largest absolute Gasteiger partial charge is 0.335 e. The van der Waals surface area contributed by atoms with Gasteiger partial charge >= 0.3 is 0 Å². The maximum Gasteiger partial charge on any atom is 0.233 e. The zero-order valence-electron chi connectivity index (χ0n) is 14.5. The Morgan fingerprint density at radius 2 is 2.04 bits per heavy atom. The van der Waals surface area contributed by atoms with Crippen LogP contribution in [0.4, 0.5) is 0 Å². The average molecular weight is 351 g/mol. The van der Waals surface area contributed by atoms with E-state index in [-0.39, 0.29) is 5.91 Å². The van der Waals surface area contributed by atoms with Gasteiger partial charge in [-0.2, -0.15) is 5.26 Å². The Kier molecular flexibility index (Phi) is 5.40. The summed E-state index contributed by atoms with van der Waals surface area (Å²) in [4.78, 5) is 19.2. The number of nitriles is 1. The zero-order chi connectivity index (χ0) is 17.8. The fourth-order valence-corrected chi connectivity index (χ4v) is 3.83. The predicted molar refractivity (Wildman–Crippen MR) is 99.2 cm³/mol. The first-order chi connectivity index (χ1) is 12.1. The molecular weight excluding hydrogens is 330 g/mol. The van der Waals surface area contributed by atoms with E-state index in [2.05, 4.69) is 23.2 Å². The quantitative estimate of drug-likeness (QED) is 0.742. The lowest BCUT2D eigenvalue weighted by atomic mass is 10.1. The Morgan fingerprint density at radius 3 is 2.68 bits per heavy atom. The topological polar surface area (TPSA) is 57.0 Å². The molecule has 0 radical (unpaired) electrons. The van der Waals surface area contributed by atoms with Crippen molar-refractivity contribution < 1.29 is 4.79 Å². The van der Waals surface area contributed by atoms with Crippen molar-refractivity contribution in [3.05, 3.63) is 58.8 Å². The number of aromatic nitrogens is 1. The molecule has 3 rings (SSSR count). The highest BCUT2D eigenvalue weighted by molar-refractivity contribution is 8.00. The van der Waals surface area contributed by atoms with Gasteiger partial charge in [0.25, 0.3) is 0 Å². The molecule has 128 valence electrons. The highest BCUT2D eigenvalue weighted by Crippen LogP contribution is 2.30. The summed E-state index contributed by atoms with van der Waals surface area (Å²) in [6.07, 6.45) is 2.16. The molecule has 1 aromatic heterocycles. The average Bonchev–Trinajstić information content (AvgIpc) is 3.43. The van der Waals surface area contributed by atoms with Crippen LogP contribution in [-0.4, -0.2) is 27.6 Å². The number of hydrogen-bond donors (Lipinski definition) is 0. The summed E-state index contributed by atoms with van der Waals surface area (Å²) in [5, 5.41) is 10.0. The number of hydrogen-bond acceptors (Lipinski definition) is 4. The van der Waals surface area contributed by atoms with Gasteiger partial charge in [-0.05, 0) is 43.9 Å². The van der Waals surface area contributed by atoms with Crippen molar-refractivity contribution in [1.82, 2.24) is 9.88 Å². The van der Waals surface area contributed by atoms with E-state index in [9.17, 15) is 10.1 Å². The Balaban J connectivity index is 1.70. The van der Waals surface area contributed by atoms with Crippen molar-refractivity contribution in [3.8, 4) is 6.07 Å². The predicted octanol–water partition coefficient (Wildman–Crippen LogP) is 3.85.